The molecule has 0 fully saturated rings. The standard InChI is InChI=1S/C20H38O/c1-3-5-6-7-8-9-10-11-12-13-14-15-16-17-18-20-21-19-4-2/h2H,3,5-20H2,1H3. The van der Waals surface area contributed by atoms with Crippen LogP contribution in [-0.2, 0) is 4.74 Å². The zero-order chi connectivity index (χ0) is 15.4. The van der Waals surface area contributed by atoms with Crippen molar-refractivity contribution in [1.29, 1.82) is 0 Å². The lowest BCUT2D eigenvalue weighted by atomic mass is 10.0. The van der Waals surface area contributed by atoms with Crippen molar-refractivity contribution in [3.8, 4) is 12.3 Å². The maximum absolute atomic E-state index is 5.26. The fraction of sp³-hybridized carbons (Fsp3) is 0.900. The quantitative estimate of drug-likeness (QED) is 0.219. The highest BCUT2D eigenvalue weighted by atomic mass is 16.5. The molecule has 0 saturated heterocycles. The van der Waals surface area contributed by atoms with E-state index in [0.29, 0.717) is 6.61 Å². The summed E-state index contributed by atoms with van der Waals surface area (Å²) in [7, 11) is 0. The first-order chi connectivity index (χ1) is 10.4. The molecule has 0 saturated carbocycles. The molecule has 1 heteroatoms. The molecule has 1 nitrogen and oxygen atoms in total. The van der Waals surface area contributed by atoms with Crippen LogP contribution in [0.1, 0.15) is 103 Å². The van der Waals surface area contributed by atoms with E-state index in [1.54, 1.807) is 0 Å². The monoisotopic (exact) mass is 294 g/mol. The van der Waals surface area contributed by atoms with Gasteiger partial charge in [0.2, 0.25) is 0 Å². The van der Waals surface area contributed by atoms with Crippen molar-refractivity contribution in [3.05, 3.63) is 0 Å². The first kappa shape index (κ1) is 20.5. The second-order valence-electron chi connectivity index (χ2n) is 6.21. The number of unbranched alkanes of at least 4 members (excludes halogenated alkanes) is 14. The number of hydrogen-bond acceptors (Lipinski definition) is 1. The Morgan fingerprint density at radius 3 is 1.38 bits per heavy atom. The van der Waals surface area contributed by atoms with Crippen LogP contribution in [0.2, 0.25) is 0 Å². The van der Waals surface area contributed by atoms with E-state index in [-0.39, 0.29) is 0 Å². The molecule has 0 aliphatic carbocycles. The van der Waals surface area contributed by atoms with Gasteiger partial charge in [-0.25, -0.2) is 0 Å². The molecule has 0 rings (SSSR count). The third-order valence-corrected chi connectivity index (χ3v) is 4.08. The van der Waals surface area contributed by atoms with Crippen LogP contribution < -0.4 is 0 Å². The van der Waals surface area contributed by atoms with E-state index >= 15 is 0 Å². The van der Waals surface area contributed by atoms with E-state index < -0.39 is 0 Å². The van der Waals surface area contributed by atoms with Crippen LogP contribution in [0, 0.1) is 12.3 Å². The minimum Gasteiger partial charge on any atom is -0.369 e. The molecule has 0 aromatic carbocycles. The van der Waals surface area contributed by atoms with Crippen LogP contribution in [0.3, 0.4) is 0 Å². The smallest absolute Gasteiger partial charge is 0.107 e. The summed E-state index contributed by atoms with van der Waals surface area (Å²) in [5.41, 5.74) is 0. The normalized spacial score (nSPS) is 10.7. The van der Waals surface area contributed by atoms with Crippen molar-refractivity contribution in [2.24, 2.45) is 0 Å². The average Bonchev–Trinajstić information content (AvgIpc) is 2.50. The molecule has 0 aromatic heterocycles. The Morgan fingerprint density at radius 1 is 0.619 bits per heavy atom. The largest absolute Gasteiger partial charge is 0.369 e. The molecule has 0 spiro atoms. The average molecular weight is 295 g/mol. The van der Waals surface area contributed by atoms with Crippen LogP contribution >= 0.6 is 0 Å². The second kappa shape index (κ2) is 19.5. The van der Waals surface area contributed by atoms with Crippen molar-refractivity contribution in [1.82, 2.24) is 0 Å². The van der Waals surface area contributed by atoms with E-state index in [9.17, 15) is 0 Å². The molecule has 0 aliphatic heterocycles. The molecule has 0 unspecified atom stereocenters. The molecular formula is C20H38O. The zero-order valence-electron chi connectivity index (χ0n) is 14.5. The summed E-state index contributed by atoms with van der Waals surface area (Å²) in [6.45, 7) is 3.59. The lowest BCUT2D eigenvalue weighted by Gasteiger charge is -2.03. The van der Waals surface area contributed by atoms with E-state index in [1.807, 2.05) is 0 Å². The minimum absolute atomic E-state index is 0.471. The van der Waals surface area contributed by atoms with Gasteiger partial charge in [-0.05, 0) is 6.42 Å². The van der Waals surface area contributed by atoms with Crippen molar-refractivity contribution in [2.75, 3.05) is 13.2 Å². The molecule has 0 aromatic rings. The van der Waals surface area contributed by atoms with Gasteiger partial charge in [-0.2, -0.15) is 0 Å². The number of rotatable bonds is 17. The van der Waals surface area contributed by atoms with Crippen LogP contribution in [0.25, 0.3) is 0 Å². The second-order valence-corrected chi connectivity index (χ2v) is 6.21. The molecule has 0 atom stereocenters. The first-order valence-corrected chi connectivity index (χ1v) is 9.43. The van der Waals surface area contributed by atoms with Gasteiger partial charge in [-0.15, -0.1) is 6.42 Å². The van der Waals surface area contributed by atoms with E-state index in [1.165, 1.54) is 96.3 Å². The Morgan fingerprint density at radius 2 is 1.00 bits per heavy atom. The van der Waals surface area contributed by atoms with Crippen LogP contribution in [0.4, 0.5) is 0 Å². The highest BCUT2D eigenvalue weighted by molar-refractivity contribution is 4.82. The SMILES string of the molecule is C#CCOCCCCCCCCCCCCCCCCC. The van der Waals surface area contributed by atoms with Crippen molar-refractivity contribution < 1.29 is 4.74 Å². The topological polar surface area (TPSA) is 9.23 Å². The summed E-state index contributed by atoms with van der Waals surface area (Å²) in [6.07, 6.45) is 26.2. The van der Waals surface area contributed by atoms with Crippen molar-refractivity contribution in [3.63, 3.8) is 0 Å². The summed E-state index contributed by atoms with van der Waals surface area (Å²) < 4.78 is 5.26. The summed E-state index contributed by atoms with van der Waals surface area (Å²) in [6, 6.07) is 0. The fourth-order valence-corrected chi connectivity index (χ4v) is 2.71. The van der Waals surface area contributed by atoms with Crippen LogP contribution in [0.5, 0.6) is 0 Å². The molecular weight excluding hydrogens is 256 g/mol. The molecule has 0 radical (unpaired) electrons. The fourth-order valence-electron chi connectivity index (χ4n) is 2.71. The molecule has 21 heavy (non-hydrogen) atoms. The highest BCUT2D eigenvalue weighted by Crippen LogP contribution is 2.13. The summed E-state index contributed by atoms with van der Waals surface area (Å²) in [5, 5.41) is 0. The van der Waals surface area contributed by atoms with Gasteiger partial charge in [-0.1, -0.05) is 103 Å². The number of hydrogen-bond donors (Lipinski definition) is 0. The van der Waals surface area contributed by atoms with Crippen LogP contribution in [0.15, 0.2) is 0 Å². The Labute approximate surface area is 134 Å². The Hall–Kier alpha value is -0.480. The lowest BCUT2D eigenvalue weighted by Crippen LogP contribution is -1.94. The van der Waals surface area contributed by atoms with Gasteiger partial charge < -0.3 is 4.74 Å². The predicted octanol–water partition coefficient (Wildman–Crippen LogP) is 6.51. The van der Waals surface area contributed by atoms with Crippen molar-refractivity contribution >= 4 is 0 Å². The van der Waals surface area contributed by atoms with E-state index in [2.05, 4.69) is 12.8 Å². The van der Waals surface area contributed by atoms with E-state index in [0.717, 1.165) is 6.61 Å². The number of ether oxygens (including phenoxy) is 1. The Kier molecular flexibility index (Phi) is 19.1. The first-order valence-electron chi connectivity index (χ1n) is 9.43. The van der Waals surface area contributed by atoms with Gasteiger partial charge in [0.25, 0.3) is 0 Å². The summed E-state index contributed by atoms with van der Waals surface area (Å²) >= 11 is 0. The molecule has 0 aliphatic rings. The van der Waals surface area contributed by atoms with Gasteiger partial charge in [0.1, 0.15) is 6.61 Å². The molecule has 0 bridgehead atoms. The van der Waals surface area contributed by atoms with Crippen molar-refractivity contribution in [2.45, 2.75) is 103 Å². The van der Waals surface area contributed by atoms with Gasteiger partial charge in [0.15, 0.2) is 0 Å². The summed E-state index contributed by atoms with van der Waals surface area (Å²) in [4.78, 5) is 0. The molecule has 0 heterocycles. The van der Waals surface area contributed by atoms with Crippen LogP contribution in [-0.4, -0.2) is 13.2 Å². The molecule has 0 N–H and O–H groups in total. The Balaban J connectivity index is 2.92. The van der Waals surface area contributed by atoms with Gasteiger partial charge in [0, 0.05) is 6.61 Å². The maximum atomic E-state index is 5.26. The zero-order valence-corrected chi connectivity index (χ0v) is 14.5. The number of terminal acetylenes is 1. The van der Waals surface area contributed by atoms with Gasteiger partial charge >= 0.3 is 0 Å². The van der Waals surface area contributed by atoms with Gasteiger partial charge in [-0.3, -0.25) is 0 Å². The third kappa shape index (κ3) is 19.5. The minimum atomic E-state index is 0.471. The van der Waals surface area contributed by atoms with Gasteiger partial charge in [0.05, 0.1) is 0 Å². The predicted molar refractivity (Wildman–Crippen MR) is 94.6 cm³/mol. The maximum Gasteiger partial charge on any atom is 0.107 e. The molecule has 124 valence electrons. The third-order valence-electron chi connectivity index (χ3n) is 4.08. The highest BCUT2D eigenvalue weighted by Gasteiger charge is 1.94. The molecule has 0 amide bonds. The summed E-state index contributed by atoms with van der Waals surface area (Å²) in [5.74, 6) is 2.50. The van der Waals surface area contributed by atoms with E-state index in [4.69, 9.17) is 11.2 Å². The Bertz CT molecular complexity index is 216. The lowest BCUT2D eigenvalue weighted by molar-refractivity contribution is 0.162.